The van der Waals surface area contributed by atoms with Crippen molar-refractivity contribution in [2.24, 2.45) is 4.99 Å². The van der Waals surface area contributed by atoms with Crippen LogP contribution in [-0.2, 0) is 0 Å². The number of hydrogen-bond acceptors (Lipinski definition) is 2. The Morgan fingerprint density at radius 2 is 1.67 bits per heavy atom. The highest BCUT2D eigenvalue weighted by molar-refractivity contribution is 5.41. The Kier molecular flexibility index (Phi) is 4.35. The molecular weight excluding hydrogens is 184 g/mol. The van der Waals surface area contributed by atoms with E-state index in [4.69, 9.17) is 0 Å². The van der Waals surface area contributed by atoms with Gasteiger partial charge in [-0.05, 0) is 39.8 Å². The van der Waals surface area contributed by atoms with Crippen LogP contribution in [-0.4, -0.2) is 12.1 Å². The van der Waals surface area contributed by atoms with Gasteiger partial charge in [0.2, 0.25) is 0 Å². The second-order valence-corrected chi connectivity index (χ2v) is 4.23. The van der Waals surface area contributed by atoms with Gasteiger partial charge in [0, 0.05) is 12.1 Å². The number of nitrogens with one attached hydrogen (secondary N) is 1. The summed E-state index contributed by atoms with van der Waals surface area (Å²) in [6.45, 7) is 8.44. The zero-order chi connectivity index (χ0) is 11.3. The van der Waals surface area contributed by atoms with Crippen LogP contribution >= 0.6 is 0 Å². The molecule has 0 fully saturated rings. The molecule has 2 heteroatoms. The molecular formula is C13H20N2. The third kappa shape index (κ3) is 4.15. The zero-order valence-electron chi connectivity index (χ0n) is 9.99. The summed E-state index contributed by atoms with van der Waals surface area (Å²) in [6.07, 6.45) is 0. The van der Waals surface area contributed by atoms with Gasteiger partial charge in [-0.15, -0.1) is 0 Å². The molecule has 1 aromatic rings. The number of rotatable bonds is 3. The van der Waals surface area contributed by atoms with E-state index in [1.165, 1.54) is 0 Å². The average Bonchev–Trinajstić information content (AvgIpc) is 2.30. The highest BCUT2D eigenvalue weighted by Crippen LogP contribution is 2.00. The van der Waals surface area contributed by atoms with Crippen LogP contribution in [0.5, 0.6) is 0 Å². The Morgan fingerprint density at radius 1 is 1.00 bits per heavy atom. The Balaban J connectivity index is 3.19. The summed E-state index contributed by atoms with van der Waals surface area (Å²) in [7, 11) is 0. The maximum atomic E-state index is 4.59. The van der Waals surface area contributed by atoms with Gasteiger partial charge in [0.15, 0.2) is 0 Å². The molecule has 1 N–H and O–H groups in total. The lowest BCUT2D eigenvalue weighted by Gasteiger charge is -2.09. The Hall–Kier alpha value is -1.31. The van der Waals surface area contributed by atoms with E-state index in [2.05, 4.69) is 44.1 Å². The van der Waals surface area contributed by atoms with Crippen LogP contribution in [0, 0.1) is 0 Å². The first-order valence-electron chi connectivity index (χ1n) is 5.49. The quantitative estimate of drug-likeness (QED) is 0.804. The van der Waals surface area contributed by atoms with Gasteiger partial charge in [0.05, 0.1) is 11.0 Å². The number of nitrogens with zero attached hydrogens (tertiary/aromatic N) is 1. The summed E-state index contributed by atoms with van der Waals surface area (Å²) in [5.41, 5.74) is 1.10. The maximum Gasteiger partial charge on any atom is 0.0808 e. The van der Waals surface area contributed by atoms with E-state index >= 15 is 0 Å². The lowest BCUT2D eigenvalue weighted by molar-refractivity contribution is 0.803. The molecule has 0 heterocycles. The first-order chi connectivity index (χ1) is 7.09. The molecule has 0 saturated carbocycles. The van der Waals surface area contributed by atoms with Crippen molar-refractivity contribution in [1.82, 2.24) is 0 Å². The monoisotopic (exact) mass is 204 g/mol. The SMILES string of the molecule is CC(C)N=c1cccccc1NC(C)C. The van der Waals surface area contributed by atoms with E-state index in [0.29, 0.717) is 12.1 Å². The summed E-state index contributed by atoms with van der Waals surface area (Å²) in [5.74, 6) is 0. The van der Waals surface area contributed by atoms with Gasteiger partial charge in [0.1, 0.15) is 0 Å². The average molecular weight is 204 g/mol. The van der Waals surface area contributed by atoms with Crippen LogP contribution in [0.4, 0.5) is 5.69 Å². The third-order valence-corrected chi connectivity index (χ3v) is 1.86. The molecule has 0 spiro atoms. The van der Waals surface area contributed by atoms with Gasteiger partial charge >= 0.3 is 0 Å². The largest absolute Gasteiger partial charge is 0.381 e. The summed E-state index contributed by atoms with van der Waals surface area (Å²) in [4.78, 5) is 4.59. The predicted molar refractivity (Wildman–Crippen MR) is 65.9 cm³/mol. The summed E-state index contributed by atoms with van der Waals surface area (Å²) < 4.78 is 0. The minimum atomic E-state index is 0.320. The van der Waals surface area contributed by atoms with Crippen molar-refractivity contribution in [3.63, 3.8) is 0 Å². The highest BCUT2D eigenvalue weighted by Gasteiger charge is 1.97. The second-order valence-electron chi connectivity index (χ2n) is 4.23. The van der Waals surface area contributed by atoms with E-state index in [-0.39, 0.29) is 0 Å². The molecule has 0 atom stereocenters. The van der Waals surface area contributed by atoms with Gasteiger partial charge in [-0.3, -0.25) is 4.99 Å². The molecule has 0 aliphatic carbocycles. The first kappa shape index (κ1) is 11.8. The smallest absolute Gasteiger partial charge is 0.0808 e. The van der Waals surface area contributed by atoms with Crippen LogP contribution in [0.15, 0.2) is 35.3 Å². The van der Waals surface area contributed by atoms with Crippen molar-refractivity contribution in [2.75, 3.05) is 5.32 Å². The number of hydrogen-bond donors (Lipinski definition) is 1. The molecule has 0 aromatic heterocycles. The molecule has 0 aliphatic heterocycles. The van der Waals surface area contributed by atoms with Gasteiger partial charge in [-0.2, -0.15) is 0 Å². The standard InChI is InChI=1S/C13H20N2/c1-10(2)14-12-8-6-5-7-9-13(12)15-11(3)4/h5-11H,1-4H3,(H,14,15). The molecule has 1 aromatic carbocycles. The fourth-order valence-electron chi connectivity index (χ4n) is 1.36. The van der Waals surface area contributed by atoms with Gasteiger partial charge in [0.25, 0.3) is 0 Å². The molecule has 0 aliphatic rings. The van der Waals surface area contributed by atoms with E-state index in [1.54, 1.807) is 0 Å². The van der Waals surface area contributed by atoms with E-state index in [1.807, 2.05) is 24.3 Å². The van der Waals surface area contributed by atoms with Crippen LogP contribution < -0.4 is 10.7 Å². The highest BCUT2D eigenvalue weighted by atomic mass is 14.9. The summed E-state index contributed by atoms with van der Waals surface area (Å²) in [6, 6.07) is 10.9. The van der Waals surface area contributed by atoms with Gasteiger partial charge < -0.3 is 5.32 Å². The lowest BCUT2D eigenvalue weighted by Crippen LogP contribution is -2.17. The minimum absolute atomic E-state index is 0.320. The van der Waals surface area contributed by atoms with Crippen LogP contribution in [0.25, 0.3) is 0 Å². The molecule has 1 rings (SSSR count). The third-order valence-electron chi connectivity index (χ3n) is 1.86. The van der Waals surface area contributed by atoms with Gasteiger partial charge in [-0.25, -0.2) is 0 Å². The number of anilines is 1. The van der Waals surface area contributed by atoms with Crippen LogP contribution in [0.1, 0.15) is 27.7 Å². The Bertz CT molecular complexity index is 367. The van der Waals surface area contributed by atoms with Crippen LogP contribution in [0.2, 0.25) is 0 Å². The van der Waals surface area contributed by atoms with Crippen molar-refractivity contribution >= 4 is 5.69 Å². The van der Waals surface area contributed by atoms with E-state index < -0.39 is 0 Å². The first-order valence-corrected chi connectivity index (χ1v) is 5.49. The van der Waals surface area contributed by atoms with Crippen molar-refractivity contribution < 1.29 is 0 Å². The molecule has 0 unspecified atom stereocenters. The predicted octanol–water partition coefficient (Wildman–Crippen LogP) is 2.82. The molecule has 0 radical (unpaired) electrons. The van der Waals surface area contributed by atoms with Crippen molar-refractivity contribution in [3.05, 3.63) is 35.7 Å². The molecule has 82 valence electrons. The van der Waals surface area contributed by atoms with Crippen molar-refractivity contribution in [1.29, 1.82) is 0 Å². The second kappa shape index (κ2) is 5.54. The summed E-state index contributed by atoms with van der Waals surface area (Å²) >= 11 is 0. The molecule has 0 bridgehead atoms. The van der Waals surface area contributed by atoms with E-state index in [0.717, 1.165) is 11.0 Å². The molecule has 0 amide bonds. The molecule has 15 heavy (non-hydrogen) atoms. The topological polar surface area (TPSA) is 24.4 Å². The lowest BCUT2D eigenvalue weighted by atomic mass is 10.3. The van der Waals surface area contributed by atoms with Crippen LogP contribution in [0.3, 0.4) is 0 Å². The van der Waals surface area contributed by atoms with Crippen molar-refractivity contribution in [3.8, 4) is 0 Å². The summed E-state index contributed by atoms with van der Waals surface area (Å²) in [5, 5.41) is 4.44. The Morgan fingerprint density at radius 3 is 2.27 bits per heavy atom. The zero-order valence-corrected chi connectivity index (χ0v) is 9.99. The van der Waals surface area contributed by atoms with Crippen molar-refractivity contribution in [2.45, 2.75) is 39.8 Å². The normalized spacial score (nSPS) is 12.3. The molecule has 2 nitrogen and oxygen atoms in total. The molecule has 0 saturated heterocycles. The maximum absolute atomic E-state index is 4.59. The van der Waals surface area contributed by atoms with E-state index in [9.17, 15) is 0 Å². The minimum Gasteiger partial charge on any atom is -0.381 e. The fraction of sp³-hybridized carbons (Fsp3) is 0.462. The fourth-order valence-corrected chi connectivity index (χ4v) is 1.36. The Labute approximate surface area is 92.1 Å². The van der Waals surface area contributed by atoms with Gasteiger partial charge in [-0.1, -0.05) is 18.2 Å².